The minimum absolute atomic E-state index is 0.151. The lowest BCUT2D eigenvalue weighted by Crippen LogP contribution is -2.16. The summed E-state index contributed by atoms with van der Waals surface area (Å²) in [5.74, 6) is 2.01. The van der Waals surface area contributed by atoms with Crippen LogP contribution in [0.4, 0.5) is 0 Å². The number of hydrogen-bond acceptors (Lipinski definition) is 4. The zero-order valence-corrected chi connectivity index (χ0v) is 13.0. The van der Waals surface area contributed by atoms with Crippen molar-refractivity contribution in [3.05, 3.63) is 45.0 Å². The summed E-state index contributed by atoms with van der Waals surface area (Å²) in [4.78, 5) is 14.2. The fourth-order valence-electron chi connectivity index (χ4n) is 2.55. The minimum Gasteiger partial charge on any atom is -0.460 e. The number of amides is 1. The molecule has 1 aliphatic rings. The molecule has 110 valence electrons. The van der Waals surface area contributed by atoms with Crippen LogP contribution in [0.25, 0.3) is 0 Å². The van der Waals surface area contributed by atoms with E-state index in [9.17, 15) is 4.79 Å². The van der Waals surface area contributed by atoms with Gasteiger partial charge in [0, 0.05) is 4.88 Å². The predicted molar refractivity (Wildman–Crippen MR) is 84.0 cm³/mol. The highest BCUT2D eigenvalue weighted by Crippen LogP contribution is 2.32. The summed E-state index contributed by atoms with van der Waals surface area (Å²) in [6.07, 6.45) is 4.89. The normalized spacial score (nSPS) is 17.9. The van der Waals surface area contributed by atoms with Gasteiger partial charge in [-0.1, -0.05) is 6.92 Å². The van der Waals surface area contributed by atoms with Crippen molar-refractivity contribution in [1.29, 1.82) is 0 Å². The topological polar surface area (TPSA) is 54.6 Å². The minimum atomic E-state index is -0.151. The first-order valence-electron chi connectivity index (χ1n) is 7.13. The Morgan fingerprint density at radius 3 is 3.14 bits per heavy atom. The molecule has 4 nitrogen and oxygen atoms in total. The Balaban J connectivity index is 1.64. The lowest BCUT2D eigenvalue weighted by molar-refractivity contribution is 0.0959. The molecule has 1 aliphatic carbocycles. The van der Waals surface area contributed by atoms with E-state index >= 15 is 0 Å². The van der Waals surface area contributed by atoms with Crippen molar-refractivity contribution in [3.63, 3.8) is 0 Å². The number of rotatable bonds is 3. The maximum Gasteiger partial charge on any atom is 0.281 e. The molecule has 1 amide bonds. The summed E-state index contributed by atoms with van der Waals surface area (Å²) < 4.78 is 5.35. The van der Waals surface area contributed by atoms with Gasteiger partial charge in [0.15, 0.2) is 0 Å². The van der Waals surface area contributed by atoms with E-state index in [1.165, 1.54) is 23.1 Å². The first-order chi connectivity index (χ1) is 10.1. The van der Waals surface area contributed by atoms with Crippen molar-refractivity contribution in [2.24, 2.45) is 11.0 Å². The Kier molecular flexibility index (Phi) is 3.92. The number of hydrazone groups is 1. The molecular weight excluding hydrogens is 284 g/mol. The average Bonchev–Trinajstić information content (AvgIpc) is 3.04. The summed E-state index contributed by atoms with van der Waals surface area (Å²) in [6.45, 7) is 4.13. The number of furan rings is 1. The standard InChI is InChI=1S/C16H18N2O2S/c1-10-3-6-14-12(7-10)8-15(21-14)16(19)18-17-9-13-5-4-11(2)20-13/h4-5,8-10H,3,6-7H2,1-2H3,(H,18,19)/b17-9-/t10-/m1/s1. The molecule has 0 unspecified atom stereocenters. The number of thiophene rings is 1. The zero-order valence-electron chi connectivity index (χ0n) is 12.2. The largest absolute Gasteiger partial charge is 0.460 e. The van der Waals surface area contributed by atoms with Crippen LogP contribution in [0.5, 0.6) is 0 Å². The fraction of sp³-hybridized carbons (Fsp3) is 0.375. The van der Waals surface area contributed by atoms with E-state index in [0.29, 0.717) is 11.7 Å². The third kappa shape index (κ3) is 3.24. The lowest BCUT2D eigenvalue weighted by Gasteiger charge is -2.16. The fourth-order valence-corrected chi connectivity index (χ4v) is 3.65. The summed E-state index contributed by atoms with van der Waals surface area (Å²) in [5.41, 5.74) is 3.89. The summed E-state index contributed by atoms with van der Waals surface area (Å²) in [6, 6.07) is 5.69. The number of hydrogen-bond donors (Lipinski definition) is 1. The SMILES string of the molecule is Cc1ccc(/C=N\NC(=O)c2cc3c(s2)CC[C@@H](C)C3)o1. The van der Waals surface area contributed by atoms with Gasteiger partial charge in [-0.05, 0) is 55.9 Å². The second kappa shape index (κ2) is 5.85. The third-order valence-electron chi connectivity index (χ3n) is 3.67. The first kappa shape index (κ1) is 14.1. The molecule has 0 spiro atoms. The van der Waals surface area contributed by atoms with Crippen LogP contribution >= 0.6 is 11.3 Å². The highest BCUT2D eigenvalue weighted by atomic mass is 32.1. The number of aryl methyl sites for hydroxylation is 2. The van der Waals surface area contributed by atoms with Gasteiger partial charge in [-0.3, -0.25) is 4.79 Å². The van der Waals surface area contributed by atoms with Crippen molar-refractivity contribution >= 4 is 23.5 Å². The number of carbonyl (C=O) groups excluding carboxylic acids is 1. The van der Waals surface area contributed by atoms with Gasteiger partial charge in [0.1, 0.15) is 11.5 Å². The van der Waals surface area contributed by atoms with Crippen molar-refractivity contribution in [2.45, 2.75) is 33.1 Å². The highest BCUT2D eigenvalue weighted by molar-refractivity contribution is 7.14. The van der Waals surface area contributed by atoms with Gasteiger partial charge in [-0.2, -0.15) is 5.10 Å². The van der Waals surface area contributed by atoms with Crippen molar-refractivity contribution in [3.8, 4) is 0 Å². The van der Waals surface area contributed by atoms with Crippen LogP contribution in [0.1, 0.15) is 45.0 Å². The highest BCUT2D eigenvalue weighted by Gasteiger charge is 2.20. The quantitative estimate of drug-likeness (QED) is 0.696. The van der Waals surface area contributed by atoms with Gasteiger partial charge in [0.25, 0.3) is 5.91 Å². The van der Waals surface area contributed by atoms with E-state index in [1.54, 1.807) is 11.3 Å². The van der Waals surface area contributed by atoms with E-state index in [2.05, 4.69) is 17.5 Å². The number of fused-ring (bicyclic) bond motifs is 1. The Morgan fingerprint density at radius 2 is 2.38 bits per heavy atom. The monoisotopic (exact) mass is 302 g/mol. The van der Waals surface area contributed by atoms with E-state index in [1.807, 2.05) is 25.1 Å². The molecule has 0 bridgehead atoms. The van der Waals surface area contributed by atoms with E-state index in [4.69, 9.17) is 4.42 Å². The molecule has 2 aromatic heterocycles. The average molecular weight is 302 g/mol. The van der Waals surface area contributed by atoms with Crippen LogP contribution < -0.4 is 5.43 Å². The number of nitrogens with one attached hydrogen (secondary N) is 1. The molecule has 0 radical (unpaired) electrons. The molecule has 0 saturated carbocycles. The second-order valence-corrected chi connectivity index (χ2v) is 6.69. The van der Waals surface area contributed by atoms with Crippen LogP contribution in [-0.2, 0) is 12.8 Å². The molecular formula is C16H18N2O2S. The van der Waals surface area contributed by atoms with Crippen LogP contribution in [0.3, 0.4) is 0 Å². The van der Waals surface area contributed by atoms with Crippen LogP contribution in [0, 0.1) is 12.8 Å². The third-order valence-corrected chi connectivity index (χ3v) is 4.91. The first-order valence-corrected chi connectivity index (χ1v) is 7.95. The molecule has 1 N–H and O–H groups in total. The van der Waals surface area contributed by atoms with Gasteiger partial charge in [-0.15, -0.1) is 11.3 Å². The Morgan fingerprint density at radius 1 is 1.52 bits per heavy atom. The van der Waals surface area contributed by atoms with Crippen LogP contribution in [0.2, 0.25) is 0 Å². The van der Waals surface area contributed by atoms with Gasteiger partial charge in [-0.25, -0.2) is 5.43 Å². The Hall–Kier alpha value is -1.88. The zero-order chi connectivity index (χ0) is 14.8. The molecule has 2 aromatic rings. The molecule has 1 atom stereocenters. The Bertz CT molecular complexity index is 684. The number of carbonyl (C=O) groups is 1. The maximum absolute atomic E-state index is 12.1. The maximum atomic E-state index is 12.1. The second-order valence-electron chi connectivity index (χ2n) is 5.55. The summed E-state index contributed by atoms with van der Waals surface area (Å²) in [5, 5.41) is 3.94. The molecule has 5 heteroatoms. The summed E-state index contributed by atoms with van der Waals surface area (Å²) >= 11 is 1.59. The van der Waals surface area contributed by atoms with Crippen LogP contribution in [-0.4, -0.2) is 12.1 Å². The molecule has 3 rings (SSSR count). The smallest absolute Gasteiger partial charge is 0.281 e. The van der Waals surface area contributed by atoms with E-state index in [-0.39, 0.29) is 5.91 Å². The van der Waals surface area contributed by atoms with Crippen molar-refractivity contribution in [1.82, 2.24) is 5.43 Å². The molecule has 0 fully saturated rings. The van der Waals surface area contributed by atoms with Crippen LogP contribution in [0.15, 0.2) is 27.7 Å². The lowest BCUT2D eigenvalue weighted by atomic mass is 9.90. The molecule has 0 aromatic carbocycles. The van der Waals surface area contributed by atoms with Gasteiger partial charge >= 0.3 is 0 Å². The molecule has 21 heavy (non-hydrogen) atoms. The number of nitrogens with zero attached hydrogens (tertiary/aromatic N) is 1. The van der Waals surface area contributed by atoms with E-state index in [0.717, 1.165) is 23.5 Å². The van der Waals surface area contributed by atoms with Crippen molar-refractivity contribution < 1.29 is 9.21 Å². The molecule has 2 heterocycles. The van der Waals surface area contributed by atoms with Gasteiger partial charge < -0.3 is 4.42 Å². The summed E-state index contributed by atoms with van der Waals surface area (Å²) in [7, 11) is 0. The predicted octanol–water partition coefficient (Wildman–Crippen LogP) is 3.54. The molecule has 0 saturated heterocycles. The van der Waals surface area contributed by atoms with Gasteiger partial charge in [0.2, 0.25) is 0 Å². The van der Waals surface area contributed by atoms with E-state index < -0.39 is 0 Å². The van der Waals surface area contributed by atoms with Gasteiger partial charge in [0.05, 0.1) is 11.1 Å². The van der Waals surface area contributed by atoms with Crippen molar-refractivity contribution in [2.75, 3.05) is 0 Å². The molecule has 0 aliphatic heterocycles. The Labute approximate surface area is 127 Å².